The maximum Gasteiger partial charge on any atom is 0.0488 e. The Kier molecular flexibility index (Phi) is 3.87. The molecular formula is C26H24N2. The van der Waals surface area contributed by atoms with Crippen molar-refractivity contribution >= 4 is 22.3 Å². The van der Waals surface area contributed by atoms with Gasteiger partial charge in [0.1, 0.15) is 0 Å². The van der Waals surface area contributed by atoms with E-state index in [9.17, 15) is 0 Å². The average molecular weight is 364 g/mol. The highest BCUT2D eigenvalue weighted by atomic mass is 15.2. The van der Waals surface area contributed by atoms with Crippen LogP contribution in [-0.2, 0) is 20.0 Å². The summed E-state index contributed by atoms with van der Waals surface area (Å²) in [5.74, 6) is 0. The molecule has 0 atom stereocenters. The van der Waals surface area contributed by atoms with Gasteiger partial charge in [-0.3, -0.25) is 0 Å². The van der Waals surface area contributed by atoms with Gasteiger partial charge in [-0.2, -0.15) is 0 Å². The maximum absolute atomic E-state index is 4.40. The van der Waals surface area contributed by atoms with Gasteiger partial charge in [-0.15, -0.1) is 0 Å². The second-order valence-corrected chi connectivity index (χ2v) is 7.58. The SMILES string of the molecule is C=C1c2cc(CC)ccc2CN1c1ccc2c(c1)cc(-c1ccccc1)n2C. The Labute approximate surface area is 166 Å². The summed E-state index contributed by atoms with van der Waals surface area (Å²) in [6.45, 7) is 7.49. The van der Waals surface area contributed by atoms with Crippen molar-refractivity contribution in [2.45, 2.75) is 19.9 Å². The van der Waals surface area contributed by atoms with Crippen LogP contribution in [0.2, 0.25) is 0 Å². The summed E-state index contributed by atoms with van der Waals surface area (Å²) in [6, 6.07) is 26.4. The third kappa shape index (κ3) is 2.56. The molecule has 0 fully saturated rings. The number of rotatable bonds is 3. The predicted molar refractivity (Wildman–Crippen MR) is 119 cm³/mol. The molecule has 0 saturated carbocycles. The van der Waals surface area contributed by atoms with Gasteiger partial charge >= 0.3 is 0 Å². The van der Waals surface area contributed by atoms with Crippen molar-refractivity contribution in [3.05, 3.63) is 96.1 Å². The van der Waals surface area contributed by atoms with Gasteiger partial charge < -0.3 is 9.47 Å². The fraction of sp³-hybridized carbons (Fsp3) is 0.154. The van der Waals surface area contributed by atoms with Gasteiger partial charge in [-0.25, -0.2) is 0 Å². The lowest BCUT2D eigenvalue weighted by Crippen LogP contribution is -2.12. The third-order valence-corrected chi connectivity index (χ3v) is 5.95. The first-order valence-corrected chi connectivity index (χ1v) is 9.89. The van der Waals surface area contributed by atoms with Crippen LogP contribution in [0.3, 0.4) is 0 Å². The minimum atomic E-state index is 0.891. The Morgan fingerprint density at radius 1 is 0.929 bits per heavy atom. The number of anilines is 1. The zero-order chi connectivity index (χ0) is 19.3. The standard InChI is InChI=1S/C26H24N2/c1-4-19-10-11-21-17-28(18(2)24(21)14-19)23-12-13-25-22(15-23)16-26(27(25)3)20-8-6-5-7-9-20/h5-16H,2,4,17H2,1,3H3. The summed E-state index contributed by atoms with van der Waals surface area (Å²) >= 11 is 0. The van der Waals surface area contributed by atoms with Crippen LogP contribution < -0.4 is 4.90 Å². The second-order valence-electron chi connectivity index (χ2n) is 7.58. The van der Waals surface area contributed by atoms with Crippen LogP contribution in [0.5, 0.6) is 0 Å². The molecule has 1 aromatic heterocycles. The number of hydrogen-bond donors (Lipinski definition) is 0. The van der Waals surface area contributed by atoms with Crippen LogP contribution in [-0.4, -0.2) is 4.57 Å². The lowest BCUT2D eigenvalue weighted by molar-refractivity contribution is 0.977. The molecule has 2 heterocycles. The molecule has 2 heteroatoms. The van der Waals surface area contributed by atoms with Crippen molar-refractivity contribution in [3.8, 4) is 11.3 Å². The molecular weight excluding hydrogens is 340 g/mol. The van der Waals surface area contributed by atoms with Crippen LogP contribution in [0, 0.1) is 0 Å². The molecule has 0 amide bonds. The lowest BCUT2D eigenvalue weighted by Gasteiger charge is -2.19. The molecule has 28 heavy (non-hydrogen) atoms. The topological polar surface area (TPSA) is 8.17 Å². The summed E-state index contributed by atoms with van der Waals surface area (Å²) in [5, 5.41) is 1.26. The largest absolute Gasteiger partial charge is 0.344 e. The van der Waals surface area contributed by atoms with Gasteiger partial charge in [0.2, 0.25) is 0 Å². The van der Waals surface area contributed by atoms with E-state index in [-0.39, 0.29) is 0 Å². The number of benzene rings is 3. The quantitative estimate of drug-likeness (QED) is 0.408. The average Bonchev–Trinajstić information content (AvgIpc) is 3.25. The monoisotopic (exact) mass is 364 g/mol. The molecule has 0 N–H and O–H groups in total. The predicted octanol–water partition coefficient (Wildman–Crippen LogP) is 6.40. The summed E-state index contributed by atoms with van der Waals surface area (Å²) in [7, 11) is 2.14. The highest BCUT2D eigenvalue weighted by molar-refractivity contribution is 5.92. The van der Waals surface area contributed by atoms with E-state index in [1.54, 1.807) is 0 Å². The third-order valence-electron chi connectivity index (χ3n) is 5.95. The van der Waals surface area contributed by atoms with Crippen LogP contribution in [0.4, 0.5) is 5.69 Å². The molecule has 1 aliphatic heterocycles. The van der Waals surface area contributed by atoms with E-state index in [1.807, 2.05) is 0 Å². The molecule has 0 spiro atoms. The molecule has 0 aliphatic carbocycles. The van der Waals surface area contributed by atoms with E-state index in [2.05, 4.69) is 103 Å². The normalized spacial score (nSPS) is 13.4. The van der Waals surface area contributed by atoms with Gasteiger partial charge in [-0.1, -0.05) is 56.0 Å². The minimum Gasteiger partial charge on any atom is -0.344 e. The number of aromatic nitrogens is 1. The molecule has 0 radical (unpaired) electrons. The first-order chi connectivity index (χ1) is 13.7. The van der Waals surface area contributed by atoms with Crippen molar-refractivity contribution < 1.29 is 0 Å². The van der Waals surface area contributed by atoms with Crippen LogP contribution in [0.15, 0.2) is 79.4 Å². The number of aryl methyl sites for hydroxylation is 2. The van der Waals surface area contributed by atoms with Gasteiger partial charge in [0.15, 0.2) is 0 Å². The van der Waals surface area contributed by atoms with Crippen molar-refractivity contribution in [2.75, 3.05) is 4.90 Å². The van der Waals surface area contributed by atoms with E-state index >= 15 is 0 Å². The van der Waals surface area contributed by atoms with E-state index < -0.39 is 0 Å². The smallest absolute Gasteiger partial charge is 0.0488 e. The van der Waals surface area contributed by atoms with Gasteiger partial charge in [-0.05, 0) is 53.4 Å². The molecule has 138 valence electrons. The van der Waals surface area contributed by atoms with E-state index in [4.69, 9.17) is 0 Å². The Bertz CT molecular complexity index is 1200. The Hall–Kier alpha value is -3.26. The zero-order valence-electron chi connectivity index (χ0n) is 16.4. The highest BCUT2D eigenvalue weighted by Gasteiger charge is 2.24. The van der Waals surface area contributed by atoms with Gasteiger partial charge in [0.25, 0.3) is 0 Å². The lowest BCUT2D eigenvalue weighted by atomic mass is 10.0. The van der Waals surface area contributed by atoms with Crippen molar-refractivity contribution in [3.63, 3.8) is 0 Å². The molecule has 0 saturated heterocycles. The second kappa shape index (κ2) is 6.42. The zero-order valence-corrected chi connectivity index (χ0v) is 16.4. The molecule has 2 nitrogen and oxygen atoms in total. The Balaban J connectivity index is 1.55. The van der Waals surface area contributed by atoms with Gasteiger partial charge in [0.05, 0.1) is 0 Å². The minimum absolute atomic E-state index is 0.891. The maximum atomic E-state index is 4.40. The molecule has 4 aromatic rings. The summed E-state index contributed by atoms with van der Waals surface area (Å²) in [4.78, 5) is 2.33. The highest BCUT2D eigenvalue weighted by Crippen LogP contribution is 2.38. The number of hydrogen-bond acceptors (Lipinski definition) is 1. The fourth-order valence-corrected chi connectivity index (χ4v) is 4.30. The Morgan fingerprint density at radius 2 is 1.75 bits per heavy atom. The van der Waals surface area contributed by atoms with Crippen LogP contribution >= 0.6 is 0 Å². The van der Waals surface area contributed by atoms with Crippen molar-refractivity contribution in [1.82, 2.24) is 4.57 Å². The molecule has 3 aromatic carbocycles. The van der Waals surface area contributed by atoms with E-state index in [0.717, 1.165) is 18.7 Å². The summed E-state index contributed by atoms with van der Waals surface area (Å²) in [5.41, 5.74) is 10.1. The molecule has 0 unspecified atom stereocenters. The first kappa shape index (κ1) is 16.9. The van der Waals surface area contributed by atoms with Crippen molar-refractivity contribution in [2.24, 2.45) is 7.05 Å². The number of fused-ring (bicyclic) bond motifs is 2. The summed E-state index contributed by atoms with van der Waals surface area (Å²) < 4.78 is 2.27. The van der Waals surface area contributed by atoms with Crippen molar-refractivity contribution in [1.29, 1.82) is 0 Å². The summed E-state index contributed by atoms with van der Waals surface area (Å²) in [6.07, 6.45) is 1.05. The van der Waals surface area contributed by atoms with Crippen LogP contribution in [0.25, 0.3) is 27.9 Å². The van der Waals surface area contributed by atoms with E-state index in [0.29, 0.717) is 0 Å². The van der Waals surface area contributed by atoms with Gasteiger partial charge in [0, 0.05) is 47.1 Å². The molecule has 5 rings (SSSR count). The number of nitrogens with zero attached hydrogens (tertiary/aromatic N) is 2. The molecule has 1 aliphatic rings. The fourth-order valence-electron chi connectivity index (χ4n) is 4.30. The molecule has 0 bridgehead atoms. The first-order valence-electron chi connectivity index (χ1n) is 9.89. The Morgan fingerprint density at radius 3 is 2.54 bits per heavy atom. The van der Waals surface area contributed by atoms with Crippen LogP contribution in [0.1, 0.15) is 23.6 Å². The van der Waals surface area contributed by atoms with E-state index in [1.165, 1.54) is 44.5 Å².